The van der Waals surface area contributed by atoms with Gasteiger partial charge in [0.2, 0.25) is 0 Å². The molecule has 0 heterocycles. The van der Waals surface area contributed by atoms with E-state index in [-0.39, 0.29) is 12.4 Å². The quantitative estimate of drug-likeness (QED) is 0.214. The van der Waals surface area contributed by atoms with Gasteiger partial charge >= 0.3 is 0 Å². The molecule has 0 aliphatic carbocycles. The number of aliphatic hydroxyl groups is 1. The molecule has 0 amide bonds. The van der Waals surface area contributed by atoms with Crippen LogP contribution >= 0.6 is 11.8 Å². The Morgan fingerprint density at radius 1 is 1.21 bits per heavy atom. The van der Waals surface area contributed by atoms with Crippen LogP contribution in [0.15, 0.2) is 59.6 Å². The summed E-state index contributed by atoms with van der Waals surface area (Å²) in [5.74, 6) is 1.22. The molecule has 2 nitrogen and oxygen atoms in total. The number of rotatable bonds is 11. The van der Waals surface area contributed by atoms with Crippen LogP contribution in [0, 0.1) is 0 Å². The Morgan fingerprint density at radius 3 is 2.33 bits per heavy atom. The molecule has 0 bridgehead atoms. The van der Waals surface area contributed by atoms with Crippen molar-refractivity contribution in [3.63, 3.8) is 0 Å². The van der Waals surface area contributed by atoms with Crippen molar-refractivity contribution in [1.29, 1.82) is 0 Å². The van der Waals surface area contributed by atoms with Gasteiger partial charge in [0.25, 0.3) is 0 Å². The molecule has 0 unspecified atom stereocenters. The smallest absolute Gasteiger partial charge is 0.162 e. The standard InChI is InChI=1S/C15H22OS.C6H12O/c1-4-7-10-14(6-3)15(16)11-9-13-17-12-8-5-2;1-3-6(4-2)5-7/h4,6-8,10,12H,1,5,9,11,13H2,2-3H3;3,7H,4-5H2,1-2H3/b10-7-,12-8+,14-6+;6-3+. The molecule has 136 valence electrons. The predicted octanol–water partition coefficient (Wildman–Crippen LogP) is 6.02. The van der Waals surface area contributed by atoms with E-state index in [4.69, 9.17) is 5.11 Å². The zero-order valence-corrected chi connectivity index (χ0v) is 16.6. The summed E-state index contributed by atoms with van der Waals surface area (Å²) in [6.07, 6.45) is 14.8. The van der Waals surface area contributed by atoms with Gasteiger partial charge in [-0.15, -0.1) is 11.8 Å². The monoisotopic (exact) mass is 350 g/mol. The first-order valence-electron chi connectivity index (χ1n) is 8.61. The molecule has 1 N–H and O–H groups in total. The number of ketones is 1. The predicted molar refractivity (Wildman–Crippen MR) is 110 cm³/mol. The molecular formula is C21H34O2S. The highest BCUT2D eigenvalue weighted by atomic mass is 32.2. The fourth-order valence-corrected chi connectivity index (χ4v) is 2.40. The van der Waals surface area contributed by atoms with Crippen LogP contribution in [0.5, 0.6) is 0 Å². The first-order chi connectivity index (χ1) is 11.6. The zero-order chi connectivity index (χ0) is 18.6. The fraction of sp³-hybridized carbons (Fsp3) is 0.476. The Kier molecular flexibility index (Phi) is 20.5. The van der Waals surface area contributed by atoms with Crippen molar-refractivity contribution in [3.05, 3.63) is 59.6 Å². The number of carbonyl (C=O) groups excluding carboxylic acids is 1. The van der Waals surface area contributed by atoms with Crippen molar-refractivity contribution in [1.82, 2.24) is 0 Å². The zero-order valence-electron chi connectivity index (χ0n) is 15.8. The van der Waals surface area contributed by atoms with Crippen molar-refractivity contribution in [3.8, 4) is 0 Å². The summed E-state index contributed by atoms with van der Waals surface area (Å²) in [5.41, 5.74) is 1.89. The maximum absolute atomic E-state index is 11.8. The van der Waals surface area contributed by atoms with Crippen molar-refractivity contribution in [2.75, 3.05) is 12.4 Å². The minimum atomic E-state index is 0.214. The molecule has 0 aliphatic heterocycles. The highest BCUT2D eigenvalue weighted by Crippen LogP contribution is 2.10. The van der Waals surface area contributed by atoms with Crippen molar-refractivity contribution < 1.29 is 9.90 Å². The largest absolute Gasteiger partial charge is 0.392 e. The molecule has 0 aromatic rings. The number of Topliss-reactive ketones (excluding diaryl/α,β-unsaturated/α-hetero) is 1. The summed E-state index contributed by atoms with van der Waals surface area (Å²) in [5, 5.41) is 10.6. The summed E-state index contributed by atoms with van der Waals surface area (Å²) in [7, 11) is 0. The second kappa shape index (κ2) is 19.7. The van der Waals surface area contributed by atoms with E-state index in [0.29, 0.717) is 6.42 Å². The van der Waals surface area contributed by atoms with Gasteiger partial charge in [0, 0.05) is 12.0 Å². The number of thioether (sulfide) groups is 1. The molecular weight excluding hydrogens is 316 g/mol. The van der Waals surface area contributed by atoms with E-state index in [1.807, 2.05) is 39.0 Å². The molecule has 24 heavy (non-hydrogen) atoms. The van der Waals surface area contributed by atoms with E-state index < -0.39 is 0 Å². The fourth-order valence-electron chi connectivity index (χ4n) is 1.62. The lowest BCUT2D eigenvalue weighted by Gasteiger charge is -2.00. The third-order valence-electron chi connectivity index (χ3n) is 3.20. The first-order valence-corrected chi connectivity index (χ1v) is 9.66. The van der Waals surface area contributed by atoms with E-state index in [1.165, 1.54) is 0 Å². The second-order valence-corrected chi connectivity index (χ2v) is 5.99. The van der Waals surface area contributed by atoms with Crippen LogP contribution in [0.3, 0.4) is 0 Å². The Balaban J connectivity index is 0. The molecule has 0 fully saturated rings. The van der Waals surface area contributed by atoms with Crippen LogP contribution in [0.2, 0.25) is 0 Å². The van der Waals surface area contributed by atoms with Gasteiger partial charge in [0.15, 0.2) is 5.78 Å². The van der Waals surface area contributed by atoms with Crippen molar-refractivity contribution >= 4 is 17.5 Å². The Labute approximate surface area is 153 Å². The van der Waals surface area contributed by atoms with Gasteiger partial charge in [-0.3, -0.25) is 4.79 Å². The van der Waals surface area contributed by atoms with Crippen LogP contribution in [0.1, 0.15) is 53.4 Å². The van der Waals surface area contributed by atoms with Crippen molar-refractivity contribution in [2.45, 2.75) is 53.4 Å². The Bertz CT molecular complexity index is 437. The topological polar surface area (TPSA) is 37.3 Å². The summed E-state index contributed by atoms with van der Waals surface area (Å²) in [6, 6.07) is 0. The van der Waals surface area contributed by atoms with E-state index in [2.05, 4.69) is 25.0 Å². The lowest BCUT2D eigenvalue weighted by atomic mass is 10.1. The molecule has 0 spiro atoms. The Hall–Kier alpha value is -1.32. The average molecular weight is 351 g/mol. The number of hydrogen-bond acceptors (Lipinski definition) is 3. The van der Waals surface area contributed by atoms with Crippen LogP contribution in [0.25, 0.3) is 0 Å². The van der Waals surface area contributed by atoms with E-state index in [1.54, 1.807) is 23.9 Å². The van der Waals surface area contributed by atoms with Crippen LogP contribution in [-0.4, -0.2) is 23.2 Å². The van der Waals surface area contributed by atoms with Crippen LogP contribution < -0.4 is 0 Å². The minimum absolute atomic E-state index is 0.214. The van der Waals surface area contributed by atoms with Crippen molar-refractivity contribution in [2.24, 2.45) is 0 Å². The molecule has 0 radical (unpaired) electrons. The lowest BCUT2D eigenvalue weighted by molar-refractivity contribution is -0.115. The maximum atomic E-state index is 11.8. The molecule has 0 atom stereocenters. The minimum Gasteiger partial charge on any atom is -0.392 e. The number of carbonyl (C=O) groups is 1. The van der Waals surface area contributed by atoms with Gasteiger partial charge in [0.05, 0.1) is 6.61 Å². The second-order valence-electron chi connectivity index (χ2n) is 4.97. The summed E-state index contributed by atoms with van der Waals surface area (Å²) in [6.45, 7) is 11.8. The van der Waals surface area contributed by atoms with Crippen LogP contribution in [0.4, 0.5) is 0 Å². The van der Waals surface area contributed by atoms with Gasteiger partial charge in [-0.1, -0.05) is 56.9 Å². The first kappa shape index (κ1) is 24.9. The summed E-state index contributed by atoms with van der Waals surface area (Å²) < 4.78 is 0. The average Bonchev–Trinajstić information content (AvgIpc) is 2.60. The lowest BCUT2D eigenvalue weighted by Crippen LogP contribution is -2.00. The number of hydrogen-bond donors (Lipinski definition) is 1. The maximum Gasteiger partial charge on any atom is 0.162 e. The molecule has 0 aromatic heterocycles. The molecule has 0 saturated heterocycles. The van der Waals surface area contributed by atoms with Gasteiger partial charge in [-0.2, -0.15) is 0 Å². The van der Waals surface area contributed by atoms with E-state index in [9.17, 15) is 4.79 Å². The summed E-state index contributed by atoms with van der Waals surface area (Å²) >= 11 is 1.77. The van der Waals surface area contributed by atoms with E-state index >= 15 is 0 Å². The molecule has 0 rings (SSSR count). The van der Waals surface area contributed by atoms with Gasteiger partial charge < -0.3 is 5.11 Å². The van der Waals surface area contributed by atoms with Gasteiger partial charge in [-0.25, -0.2) is 0 Å². The number of allylic oxidation sites excluding steroid dienone is 7. The van der Waals surface area contributed by atoms with E-state index in [0.717, 1.165) is 36.2 Å². The normalized spacial score (nSPS) is 12.4. The highest BCUT2D eigenvalue weighted by molar-refractivity contribution is 8.02. The van der Waals surface area contributed by atoms with Gasteiger partial charge in [0.1, 0.15) is 0 Å². The Morgan fingerprint density at radius 2 is 1.92 bits per heavy atom. The molecule has 3 heteroatoms. The van der Waals surface area contributed by atoms with Gasteiger partial charge in [-0.05, 0) is 49.8 Å². The summed E-state index contributed by atoms with van der Waals surface area (Å²) in [4.78, 5) is 11.8. The number of aliphatic hydroxyl groups excluding tert-OH is 1. The third-order valence-corrected chi connectivity index (χ3v) is 4.11. The SMILES string of the molecule is C/C=C(\CC)CO.C=C/C=C\C(=C/C)C(=O)CCCS/C=C/CC. The van der Waals surface area contributed by atoms with Crippen LogP contribution in [-0.2, 0) is 4.79 Å². The molecule has 0 saturated carbocycles. The molecule has 0 aliphatic rings. The third kappa shape index (κ3) is 15.6. The molecule has 0 aromatic carbocycles. The highest BCUT2D eigenvalue weighted by Gasteiger charge is 2.04.